The van der Waals surface area contributed by atoms with Gasteiger partial charge in [0.15, 0.2) is 0 Å². The Bertz CT molecular complexity index is 321. The van der Waals surface area contributed by atoms with Gasteiger partial charge in [-0.25, -0.2) is 0 Å². The van der Waals surface area contributed by atoms with Gasteiger partial charge in [-0.15, -0.1) is 6.42 Å². The van der Waals surface area contributed by atoms with Crippen LogP contribution in [0.4, 0.5) is 0 Å². The van der Waals surface area contributed by atoms with Gasteiger partial charge in [-0.3, -0.25) is 0 Å². The van der Waals surface area contributed by atoms with Crippen LogP contribution in [0.25, 0.3) is 10.4 Å². The summed E-state index contributed by atoms with van der Waals surface area (Å²) in [6, 6.07) is -0.251. The van der Waals surface area contributed by atoms with Crippen LogP contribution in [-0.4, -0.2) is 44.2 Å². The molecule has 0 N–H and O–H groups in total. The van der Waals surface area contributed by atoms with Gasteiger partial charge in [-0.05, 0) is 5.53 Å². The van der Waals surface area contributed by atoms with Gasteiger partial charge in [-0.1, -0.05) is 11.0 Å². The summed E-state index contributed by atoms with van der Waals surface area (Å²) in [4.78, 5) is 2.76. The van der Waals surface area contributed by atoms with Crippen molar-refractivity contribution in [1.29, 1.82) is 0 Å². The predicted octanol–water partition coefficient (Wildman–Crippen LogP) is 0.481. The van der Waals surface area contributed by atoms with Crippen LogP contribution >= 0.6 is 0 Å². The molecular formula is C9H11N3O3. The number of ether oxygens (including phenoxy) is 3. The largest absolute Gasteiger partial charge is 0.372 e. The van der Waals surface area contributed by atoms with Crippen molar-refractivity contribution < 1.29 is 14.2 Å². The van der Waals surface area contributed by atoms with E-state index >= 15 is 0 Å². The van der Waals surface area contributed by atoms with E-state index < -0.39 is 0 Å². The van der Waals surface area contributed by atoms with E-state index in [1.165, 1.54) is 0 Å². The van der Waals surface area contributed by atoms with Gasteiger partial charge in [0, 0.05) is 4.91 Å². The highest BCUT2D eigenvalue weighted by Crippen LogP contribution is 2.30. The highest BCUT2D eigenvalue weighted by Gasteiger charge is 2.47. The van der Waals surface area contributed by atoms with Crippen LogP contribution in [-0.2, 0) is 14.2 Å². The first-order chi connectivity index (χ1) is 7.36. The van der Waals surface area contributed by atoms with Crippen molar-refractivity contribution in [2.45, 2.75) is 24.4 Å². The maximum atomic E-state index is 8.34. The second kappa shape index (κ2) is 4.51. The first-order valence-corrected chi connectivity index (χ1v) is 4.69. The summed E-state index contributed by atoms with van der Waals surface area (Å²) in [6.45, 7) is 1.07. The number of nitrogens with zero attached hydrogens (tertiary/aromatic N) is 3. The molecule has 0 amide bonds. The van der Waals surface area contributed by atoms with Crippen molar-refractivity contribution in [3.05, 3.63) is 10.4 Å². The van der Waals surface area contributed by atoms with Gasteiger partial charge in [-0.2, -0.15) is 0 Å². The Morgan fingerprint density at radius 3 is 3.00 bits per heavy atom. The molecule has 0 aromatic rings. The molecule has 4 atom stereocenters. The lowest BCUT2D eigenvalue weighted by molar-refractivity contribution is -0.0192. The van der Waals surface area contributed by atoms with Gasteiger partial charge in [0.2, 0.25) is 0 Å². The number of terminal acetylenes is 1. The lowest BCUT2D eigenvalue weighted by Gasteiger charge is -2.14. The van der Waals surface area contributed by atoms with Gasteiger partial charge < -0.3 is 14.2 Å². The molecule has 2 aliphatic rings. The average Bonchev–Trinajstić information content (AvgIpc) is 2.79. The molecule has 2 rings (SSSR count). The minimum atomic E-state index is -0.251. The number of hydrogen-bond donors (Lipinski definition) is 0. The predicted molar refractivity (Wildman–Crippen MR) is 51.0 cm³/mol. The highest BCUT2D eigenvalue weighted by atomic mass is 16.6. The molecular weight excluding hydrogens is 198 g/mol. The molecule has 2 aliphatic heterocycles. The van der Waals surface area contributed by atoms with Crippen molar-refractivity contribution in [3.8, 4) is 12.3 Å². The highest BCUT2D eigenvalue weighted by molar-refractivity contribution is 4.99. The number of rotatable bonds is 3. The molecule has 0 bridgehead atoms. The summed E-state index contributed by atoms with van der Waals surface area (Å²) in [6.07, 6.45) is 4.60. The monoisotopic (exact) mass is 209 g/mol. The fourth-order valence-electron chi connectivity index (χ4n) is 1.91. The van der Waals surface area contributed by atoms with Crippen molar-refractivity contribution in [2.75, 3.05) is 19.8 Å². The van der Waals surface area contributed by atoms with E-state index in [0.29, 0.717) is 13.2 Å². The van der Waals surface area contributed by atoms with Gasteiger partial charge in [0.1, 0.15) is 18.8 Å². The normalized spacial score (nSPS) is 38.1. The minimum absolute atomic E-state index is 0.148. The van der Waals surface area contributed by atoms with Gasteiger partial charge >= 0.3 is 0 Å². The summed E-state index contributed by atoms with van der Waals surface area (Å²) in [5.41, 5.74) is 8.34. The summed E-state index contributed by atoms with van der Waals surface area (Å²) < 4.78 is 16.3. The van der Waals surface area contributed by atoms with Crippen LogP contribution in [0.15, 0.2) is 5.11 Å². The molecule has 6 nitrogen and oxygen atoms in total. The number of hydrogen-bond acceptors (Lipinski definition) is 4. The maximum Gasteiger partial charge on any atom is 0.113 e. The molecule has 2 saturated heterocycles. The Hall–Kier alpha value is -1.25. The van der Waals surface area contributed by atoms with E-state index in [1.807, 2.05) is 0 Å². The van der Waals surface area contributed by atoms with Crippen LogP contribution in [0.1, 0.15) is 0 Å². The summed E-state index contributed by atoms with van der Waals surface area (Å²) >= 11 is 0. The molecule has 15 heavy (non-hydrogen) atoms. The Labute approximate surface area is 87.1 Å². The molecule has 6 heteroatoms. The molecule has 80 valence electrons. The maximum absolute atomic E-state index is 8.34. The van der Waals surface area contributed by atoms with E-state index in [2.05, 4.69) is 15.9 Å². The fourth-order valence-corrected chi connectivity index (χ4v) is 1.91. The summed E-state index contributed by atoms with van der Waals surface area (Å²) in [5, 5.41) is 3.62. The molecule has 0 aromatic heterocycles. The van der Waals surface area contributed by atoms with E-state index in [1.54, 1.807) is 0 Å². The van der Waals surface area contributed by atoms with E-state index in [4.69, 9.17) is 26.2 Å². The smallest absolute Gasteiger partial charge is 0.113 e. The van der Waals surface area contributed by atoms with Crippen molar-refractivity contribution in [1.82, 2.24) is 0 Å². The van der Waals surface area contributed by atoms with Crippen molar-refractivity contribution in [2.24, 2.45) is 5.11 Å². The molecule has 0 spiro atoms. The lowest BCUT2D eigenvalue weighted by atomic mass is 10.1. The van der Waals surface area contributed by atoms with Gasteiger partial charge in [0.25, 0.3) is 0 Å². The third-order valence-corrected chi connectivity index (χ3v) is 2.56. The summed E-state index contributed by atoms with van der Waals surface area (Å²) in [5.74, 6) is 2.40. The molecule has 0 aromatic carbocycles. The van der Waals surface area contributed by atoms with Crippen molar-refractivity contribution in [3.63, 3.8) is 0 Å². The first kappa shape index (κ1) is 10.3. The van der Waals surface area contributed by atoms with Crippen molar-refractivity contribution >= 4 is 0 Å². The number of azide groups is 1. The van der Waals surface area contributed by atoms with Crippen LogP contribution in [0.3, 0.4) is 0 Å². The number of fused-ring (bicyclic) bond motifs is 1. The Morgan fingerprint density at radius 1 is 1.47 bits per heavy atom. The third kappa shape index (κ3) is 1.91. The molecule has 0 aliphatic carbocycles. The molecule has 0 radical (unpaired) electrons. The van der Waals surface area contributed by atoms with E-state index in [9.17, 15) is 0 Å². The molecule has 2 heterocycles. The van der Waals surface area contributed by atoms with E-state index in [-0.39, 0.29) is 31.0 Å². The Morgan fingerprint density at radius 2 is 2.27 bits per heavy atom. The second-order valence-electron chi connectivity index (χ2n) is 3.42. The van der Waals surface area contributed by atoms with Crippen LogP contribution in [0, 0.1) is 12.3 Å². The minimum Gasteiger partial charge on any atom is -0.372 e. The standard InChI is InChI=1S/C9H11N3O3/c1-2-3-13-7-5-15-8-6(11-12-10)4-14-9(7)8/h1,6-9H,3-5H2/t6-,7-,8?,9?/m1/s1. The van der Waals surface area contributed by atoms with Crippen LogP contribution < -0.4 is 0 Å². The Kier molecular flexibility index (Phi) is 3.09. The lowest BCUT2D eigenvalue weighted by Crippen LogP contribution is -2.32. The van der Waals surface area contributed by atoms with Crippen LogP contribution in [0.2, 0.25) is 0 Å². The molecule has 2 unspecified atom stereocenters. The SMILES string of the molecule is C#CCO[C@@H]1COC2C1OC[C@H]2N=[N+]=[N-]. The zero-order valence-corrected chi connectivity index (χ0v) is 8.07. The zero-order valence-electron chi connectivity index (χ0n) is 8.07. The second-order valence-corrected chi connectivity index (χ2v) is 3.42. The van der Waals surface area contributed by atoms with Gasteiger partial charge in [0.05, 0.1) is 25.4 Å². The fraction of sp³-hybridized carbons (Fsp3) is 0.778. The average molecular weight is 209 g/mol. The Balaban J connectivity index is 1.96. The third-order valence-electron chi connectivity index (χ3n) is 2.56. The zero-order chi connectivity index (χ0) is 10.7. The van der Waals surface area contributed by atoms with E-state index in [0.717, 1.165) is 0 Å². The first-order valence-electron chi connectivity index (χ1n) is 4.69. The molecule has 2 fully saturated rings. The summed E-state index contributed by atoms with van der Waals surface area (Å²) in [7, 11) is 0. The van der Waals surface area contributed by atoms with Crippen LogP contribution in [0.5, 0.6) is 0 Å². The topological polar surface area (TPSA) is 76.5 Å². The molecule has 0 saturated carbocycles. The quantitative estimate of drug-likeness (QED) is 0.293.